The first-order valence-electron chi connectivity index (χ1n) is 5.74. The summed E-state index contributed by atoms with van der Waals surface area (Å²) in [5, 5.41) is 13.3. The van der Waals surface area contributed by atoms with Crippen molar-refractivity contribution in [1.29, 1.82) is 5.26 Å². The van der Waals surface area contributed by atoms with Crippen molar-refractivity contribution in [3.8, 4) is 11.8 Å². The topological polar surface area (TPSA) is 74.2 Å². The van der Waals surface area contributed by atoms with Crippen LogP contribution >= 0.6 is 15.9 Å². The second kappa shape index (κ2) is 7.73. The van der Waals surface area contributed by atoms with Crippen molar-refractivity contribution < 1.29 is 22.7 Å². The van der Waals surface area contributed by atoms with Gasteiger partial charge in [0.25, 0.3) is 0 Å². The number of nitrogens with zero attached hydrogens (tertiary/aromatic N) is 1. The Balaban J connectivity index is 2.66. The number of carbonyl (C=O) groups is 1. The Bertz CT molecular complexity index is 544. The largest absolute Gasteiger partial charge is 0.573 e. The summed E-state index contributed by atoms with van der Waals surface area (Å²) < 4.78 is 41.1. The number of hydrogen-bond donors (Lipinski definition) is 2. The van der Waals surface area contributed by atoms with Crippen LogP contribution in [-0.2, 0) is 4.79 Å². The molecule has 0 aromatic heterocycles. The summed E-state index contributed by atoms with van der Waals surface area (Å²) in [6.07, 6.45) is -4.67. The van der Waals surface area contributed by atoms with Crippen LogP contribution in [0.1, 0.15) is 6.42 Å². The summed E-state index contributed by atoms with van der Waals surface area (Å²) >= 11 is 3.04. The fraction of sp³-hybridized carbons (Fsp3) is 0.333. The molecule has 0 unspecified atom stereocenters. The van der Waals surface area contributed by atoms with Crippen molar-refractivity contribution in [2.75, 3.05) is 18.4 Å². The number of halogens is 4. The van der Waals surface area contributed by atoms with Gasteiger partial charge in [-0.15, -0.1) is 13.2 Å². The predicted molar refractivity (Wildman–Crippen MR) is 72.6 cm³/mol. The molecule has 0 aliphatic carbocycles. The number of anilines is 1. The van der Waals surface area contributed by atoms with E-state index < -0.39 is 18.0 Å². The molecule has 0 fully saturated rings. The van der Waals surface area contributed by atoms with Crippen LogP contribution in [0, 0.1) is 11.3 Å². The smallest absolute Gasteiger partial charge is 0.404 e. The maximum atomic E-state index is 12.3. The molecule has 0 spiro atoms. The van der Waals surface area contributed by atoms with Crippen LogP contribution in [0.5, 0.6) is 5.75 Å². The lowest BCUT2D eigenvalue weighted by molar-refractivity contribution is -0.274. The zero-order valence-corrected chi connectivity index (χ0v) is 12.2. The Hall–Kier alpha value is -1.95. The number of carbonyl (C=O) groups excluding carboxylic acids is 1. The molecule has 0 radical (unpaired) electrons. The van der Waals surface area contributed by atoms with E-state index in [1.54, 1.807) is 0 Å². The summed E-state index contributed by atoms with van der Waals surface area (Å²) in [6.45, 7) is -0.0511. The lowest BCUT2D eigenvalue weighted by atomic mass is 10.3. The molecule has 1 aromatic rings. The minimum Gasteiger partial charge on any atom is -0.404 e. The van der Waals surface area contributed by atoms with Gasteiger partial charge in [-0.1, -0.05) is 15.9 Å². The molecular weight excluding hydrogens is 355 g/mol. The highest BCUT2D eigenvalue weighted by atomic mass is 79.9. The van der Waals surface area contributed by atoms with Crippen molar-refractivity contribution >= 4 is 27.5 Å². The van der Waals surface area contributed by atoms with Crippen LogP contribution in [-0.4, -0.2) is 25.4 Å². The number of alkyl halides is 3. The van der Waals surface area contributed by atoms with Gasteiger partial charge in [0.15, 0.2) is 5.75 Å². The van der Waals surface area contributed by atoms with Gasteiger partial charge in [0.1, 0.15) is 0 Å². The van der Waals surface area contributed by atoms with Crippen molar-refractivity contribution in [3.63, 3.8) is 0 Å². The van der Waals surface area contributed by atoms with Gasteiger partial charge in [-0.2, -0.15) is 5.26 Å². The first-order valence-corrected chi connectivity index (χ1v) is 6.54. The quantitative estimate of drug-likeness (QED) is 0.760. The van der Waals surface area contributed by atoms with Crippen LogP contribution in [0.15, 0.2) is 22.7 Å². The molecule has 9 heteroatoms. The van der Waals surface area contributed by atoms with E-state index in [9.17, 15) is 18.0 Å². The van der Waals surface area contributed by atoms with Gasteiger partial charge in [0.05, 0.1) is 24.7 Å². The number of nitrogens with one attached hydrogen (secondary N) is 2. The van der Waals surface area contributed by atoms with Gasteiger partial charge in [-0.05, 0) is 18.2 Å². The first-order chi connectivity index (χ1) is 9.81. The molecule has 0 bridgehead atoms. The van der Waals surface area contributed by atoms with Gasteiger partial charge in [-0.3, -0.25) is 4.79 Å². The highest BCUT2D eigenvalue weighted by Gasteiger charge is 2.32. The molecule has 0 atom stereocenters. The second-order valence-electron chi connectivity index (χ2n) is 3.80. The molecule has 2 N–H and O–H groups in total. The average molecular weight is 366 g/mol. The van der Waals surface area contributed by atoms with E-state index in [2.05, 4.69) is 31.3 Å². The summed E-state index contributed by atoms with van der Waals surface area (Å²) in [5.74, 6) is -0.882. The van der Waals surface area contributed by atoms with Crippen molar-refractivity contribution in [3.05, 3.63) is 22.7 Å². The van der Waals surface area contributed by atoms with Gasteiger partial charge >= 0.3 is 6.36 Å². The normalized spacial score (nSPS) is 10.6. The van der Waals surface area contributed by atoms with Crippen LogP contribution in [0.3, 0.4) is 0 Å². The van der Waals surface area contributed by atoms with Crippen molar-refractivity contribution in [1.82, 2.24) is 5.32 Å². The summed E-state index contributed by atoms with van der Waals surface area (Å²) in [4.78, 5) is 11.4. The van der Waals surface area contributed by atoms with Gasteiger partial charge in [0, 0.05) is 11.0 Å². The Labute approximate surface area is 127 Å². The summed E-state index contributed by atoms with van der Waals surface area (Å²) in [6, 6.07) is 5.86. The lowest BCUT2D eigenvalue weighted by Gasteiger charge is -2.14. The molecule has 1 amide bonds. The van der Waals surface area contributed by atoms with E-state index in [-0.39, 0.29) is 25.2 Å². The third kappa shape index (κ3) is 6.85. The van der Waals surface area contributed by atoms with E-state index in [0.29, 0.717) is 4.47 Å². The standard InChI is InChI=1S/C12H11BrF3N3O2/c13-8-2-3-9(10(6-8)21-12(14,15)16)19-7-11(20)18-5-1-4-17/h2-3,6,19H,1,5,7H2,(H,18,20). The number of ether oxygens (including phenoxy) is 1. The molecule has 21 heavy (non-hydrogen) atoms. The van der Waals surface area contributed by atoms with E-state index in [1.165, 1.54) is 12.1 Å². The highest BCUT2D eigenvalue weighted by Crippen LogP contribution is 2.32. The lowest BCUT2D eigenvalue weighted by Crippen LogP contribution is -2.30. The van der Waals surface area contributed by atoms with Crippen LogP contribution in [0.25, 0.3) is 0 Å². The number of amides is 1. The zero-order valence-electron chi connectivity index (χ0n) is 10.6. The fourth-order valence-corrected chi connectivity index (χ4v) is 1.69. The monoisotopic (exact) mass is 365 g/mol. The van der Waals surface area contributed by atoms with Crippen LogP contribution in [0.4, 0.5) is 18.9 Å². The Morgan fingerprint density at radius 3 is 2.76 bits per heavy atom. The van der Waals surface area contributed by atoms with Crippen molar-refractivity contribution in [2.45, 2.75) is 12.8 Å². The molecule has 1 rings (SSSR count). The van der Waals surface area contributed by atoms with E-state index in [4.69, 9.17) is 5.26 Å². The summed E-state index contributed by atoms with van der Waals surface area (Å²) in [5.41, 5.74) is 0.0333. The number of hydrogen-bond acceptors (Lipinski definition) is 4. The molecule has 0 heterocycles. The maximum absolute atomic E-state index is 12.3. The second-order valence-corrected chi connectivity index (χ2v) is 4.72. The Kier molecular flexibility index (Phi) is 6.30. The SMILES string of the molecule is N#CCCNC(=O)CNc1ccc(Br)cc1OC(F)(F)F. The molecule has 0 aliphatic rings. The fourth-order valence-electron chi connectivity index (χ4n) is 1.35. The van der Waals surface area contributed by atoms with Gasteiger partial charge in [0.2, 0.25) is 5.91 Å². The summed E-state index contributed by atoms with van der Waals surface area (Å²) in [7, 11) is 0. The zero-order chi connectivity index (χ0) is 15.9. The first kappa shape index (κ1) is 17.1. The molecule has 1 aromatic carbocycles. The van der Waals surface area contributed by atoms with Gasteiger partial charge in [-0.25, -0.2) is 0 Å². The number of rotatable bonds is 6. The number of benzene rings is 1. The minimum atomic E-state index is -4.83. The highest BCUT2D eigenvalue weighted by molar-refractivity contribution is 9.10. The van der Waals surface area contributed by atoms with E-state index in [1.807, 2.05) is 6.07 Å². The molecule has 5 nitrogen and oxygen atoms in total. The molecule has 114 valence electrons. The Morgan fingerprint density at radius 1 is 1.43 bits per heavy atom. The van der Waals surface area contributed by atoms with Gasteiger partial charge < -0.3 is 15.4 Å². The van der Waals surface area contributed by atoms with Crippen molar-refractivity contribution in [2.24, 2.45) is 0 Å². The van der Waals surface area contributed by atoms with E-state index >= 15 is 0 Å². The molecule has 0 aliphatic heterocycles. The van der Waals surface area contributed by atoms with Crippen LogP contribution < -0.4 is 15.4 Å². The van der Waals surface area contributed by atoms with Crippen LogP contribution in [0.2, 0.25) is 0 Å². The average Bonchev–Trinajstić information content (AvgIpc) is 2.36. The molecular formula is C12H11BrF3N3O2. The maximum Gasteiger partial charge on any atom is 0.573 e. The third-order valence-electron chi connectivity index (χ3n) is 2.17. The molecule has 0 saturated heterocycles. The Morgan fingerprint density at radius 2 is 2.14 bits per heavy atom. The molecule has 0 saturated carbocycles. The number of nitriles is 1. The minimum absolute atomic E-state index is 0.0333. The van der Waals surface area contributed by atoms with E-state index in [0.717, 1.165) is 6.07 Å². The third-order valence-corrected chi connectivity index (χ3v) is 2.66. The predicted octanol–water partition coefficient (Wildman–Crippen LogP) is 2.79.